The summed E-state index contributed by atoms with van der Waals surface area (Å²) >= 11 is 1.25. The summed E-state index contributed by atoms with van der Waals surface area (Å²) in [5, 5.41) is 5.04. The smallest absolute Gasteiger partial charge is 0.358 e. The molecule has 2 rings (SSSR count). The highest BCUT2D eigenvalue weighted by atomic mass is 32.2. The van der Waals surface area contributed by atoms with Crippen molar-refractivity contribution in [3.05, 3.63) is 23.7 Å². The summed E-state index contributed by atoms with van der Waals surface area (Å²) in [5.41, 5.74) is 0.116. The SMILES string of the molecule is C=CCNc1nc(C(=O)OCC(=O)N(C)[C@@H]2CCS(=O)(=O)C2)cs1. The number of nitrogens with zero attached hydrogens (tertiary/aromatic N) is 2. The van der Waals surface area contributed by atoms with Gasteiger partial charge in [0.05, 0.1) is 11.5 Å². The number of thiazole rings is 1. The monoisotopic (exact) mass is 373 g/mol. The maximum atomic E-state index is 12.0. The molecule has 0 saturated carbocycles. The molecule has 0 aromatic carbocycles. The van der Waals surface area contributed by atoms with E-state index in [-0.39, 0.29) is 23.2 Å². The van der Waals surface area contributed by atoms with E-state index in [0.29, 0.717) is 18.1 Å². The standard InChI is InChI=1S/C14H19N3O5S2/c1-3-5-15-14-16-11(8-23-14)13(19)22-7-12(18)17(2)10-4-6-24(20,21)9-10/h3,8,10H,1,4-7,9H2,2H3,(H,15,16)/t10-/m1/s1. The summed E-state index contributed by atoms with van der Waals surface area (Å²) in [5.74, 6) is -1.11. The molecule has 8 nitrogen and oxygen atoms in total. The van der Waals surface area contributed by atoms with Gasteiger partial charge in [0, 0.05) is 25.0 Å². The van der Waals surface area contributed by atoms with E-state index in [2.05, 4.69) is 16.9 Å². The van der Waals surface area contributed by atoms with Gasteiger partial charge < -0.3 is 15.0 Å². The Morgan fingerprint density at radius 2 is 2.33 bits per heavy atom. The first kappa shape index (κ1) is 18.4. The zero-order chi connectivity index (χ0) is 17.7. The topological polar surface area (TPSA) is 106 Å². The summed E-state index contributed by atoms with van der Waals surface area (Å²) in [6.45, 7) is 3.65. The van der Waals surface area contributed by atoms with E-state index in [0.717, 1.165) is 0 Å². The number of carbonyl (C=O) groups is 2. The zero-order valence-corrected chi connectivity index (χ0v) is 14.9. The third-order valence-electron chi connectivity index (χ3n) is 3.59. The highest BCUT2D eigenvalue weighted by Gasteiger charge is 2.33. The van der Waals surface area contributed by atoms with Gasteiger partial charge in [-0.1, -0.05) is 6.08 Å². The van der Waals surface area contributed by atoms with Gasteiger partial charge in [-0.3, -0.25) is 4.79 Å². The van der Waals surface area contributed by atoms with Crippen LogP contribution in [0.3, 0.4) is 0 Å². The lowest BCUT2D eigenvalue weighted by Crippen LogP contribution is -2.40. The number of ether oxygens (including phenoxy) is 1. The van der Waals surface area contributed by atoms with Crippen molar-refractivity contribution in [2.45, 2.75) is 12.5 Å². The van der Waals surface area contributed by atoms with Crippen LogP contribution in [0, 0.1) is 0 Å². The minimum atomic E-state index is -3.08. The summed E-state index contributed by atoms with van der Waals surface area (Å²) < 4.78 is 27.9. The van der Waals surface area contributed by atoms with Crippen molar-refractivity contribution in [2.75, 3.05) is 37.0 Å². The van der Waals surface area contributed by atoms with Crippen LogP contribution in [0.15, 0.2) is 18.0 Å². The Bertz CT molecular complexity index is 729. The zero-order valence-electron chi connectivity index (χ0n) is 13.2. The van der Waals surface area contributed by atoms with Crippen LogP contribution in [-0.4, -0.2) is 67.9 Å². The van der Waals surface area contributed by atoms with Gasteiger partial charge in [-0.05, 0) is 6.42 Å². The minimum absolute atomic E-state index is 0.0480. The van der Waals surface area contributed by atoms with Gasteiger partial charge in [-0.25, -0.2) is 18.2 Å². The number of rotatable bonds is 7. The predicted molar refractivity (Wildman–Crippen MR) is 90.9 cm³/mol. The number of hydrogen-bond acceptors (Lipinski definition) is 8. The van der Waals surface area contributed by atoms with Crippen LogP contribution >= 0.6 is 11.3 Å². The molecule has 2 heterocycles. The quantitative estimate of drug-likeness (QED) is 0.549. The third-order valence-corrected chi connectivity index (χ3v) is 6.14. The molecule has 1 N–H and O–H groups in total. The summed E-state index contributed by atoms with van der Waals surface area (Å²) in [6, 6.07) is -0.366. The third kappa shape index (κ3) is 4.78. The molecule has 0 unspecified atom stereocenters. The molecule has 1 fully saturated rings. The van der Waals surface area contributed by atoms with Crippen LogP contribution < -0.4 is 5.32 Å². The Labute approximate surface area is 144 Å². The molecule has 0 bridgehead atoms. The van der Waals surface area contributed by atoms with Crippen molar-refractivity contribution >= 4 is 38.2 Å². The fraction of sp³-hybridized carbons (Fsp3) is 0.500. The first-order valence-electron chi connectivity index (χ1n) is 7.26. The van der Waals surface area contributed by atoms with Crippen LogP contribution in [-0.2, 0) is 19.4 Å². The maximum absolute atomic E-state index is 12.0. The lowest BCUT2D eigenvalue weighted by molar-refractivity contribution is -0.134. The second-order valence-corrected chi connectivity index (χ2v) is 8.43. The Hall–Kier alpha value is -1.94. The molecule has 1 saturated heterocycles. The van der Waals surface area contributed by atoms with Crippen LogP contribution in [0.4, 0.5) is 5.13 Å². The second kappa shape index (κ2) is 7.75. The lowest BCUT2D eigenvalue weighted by atomic mass is 10.2. The van der Waals surface area contributed by atoms with Gasteiger partial charge in [0.25, 0.3) is 5.91 Å². The molecule has 132 valence electrons. The molecule has 1 atom stereocenters. The Balaban J connectivity index is 1.83. The number of hydrogen-bond donors (Lipinski definition) is 1. The Kier molecular flexibility index (Phi) is 5.94. The van der Waals surface area contributed by atoms with Gasteiger partial charge in [0.2, 0.25) is 0 Å². The molecule has 24 heavy (non-hydrogen) atoms. The van der Waals surface area contributed by atoms with Gasteiger partial charge in [0.1, 0.15) is 0 Å². The van der Waals surface area contributed by atoms with E-state index in [1.165, 1.54) is 28.7 Å². The molecule has 0 aliphatic carbocycles. The van der Waals surface area contributed by atoms with Crippen molar-refractivity contribution in [3.63, 3.8) is 0 Å². The number of carbonyl (C=O) groups excluding carboxylic acids is 2. The molecule has 0 radical (unpaired) electrons. The summed E-state index contributed by atoms with van der Waals surface area (Å²) in [4.78, 5) is 29.3. The molecule has 10 heteroatoms. The van der Waals surface area contributed by atoms with Crippen molar-refractivity contribution in [1.82, 2.24) is 9.88 Å². The summed E-state index contributed by atoms with van der Waals surface area (Å²) in [6.07, 6.45) is 2.07. The molecule has 1 aliphatic rings. The van der Waals surface area contributed by atoms with E-state index < -0.39 is 28.3 Å². The average molecular weight is 373 g/mol. The molecule has 1 aromatic heterocycles. The van der Waals surface area contributed by atoms with E-state index >= 15 is 0 Å². The fourth-order valence-corrected chi connectivity index (χ4v) is 4.66. The van der Waals surface area contributed by atoms with E-state index in [1.807, 2.05) is 0 Å². The Morgan fingerprint density at radius 1 is 1.58 bits per heavy atom. The molecule has 1 aliphatic heterocycles. The lowest BCUT2D eigenvalue weighted by Gasteiger charge is -2.22. The van der Waals surface area contributed by atoms with Gasteiger partial charge in [-0.15, -0.1) is 17.9 Å². The van der Waals surface area contributed by atoms with Crippen LogP contribution in [0.1, 0.15) is 16.9 Å². The molecular weight excluding hydrogens is 354 g/mol. The number of aromatic nitrogens is 1. The molecule has 1 amide bonds. The number of anilines is 1. The van der Waals surface area contributed by atoms with Crippen molar-refractivity contribution < 1.29 is 22.7 Å². The molecule has 0 spiro atoms. The minimum Gasteiger partial charge on any atom is -0.451 e. The predicted octanol–water partition coefficient (Wildman–Crippen LogP) is 0.543. The highest BCUT2D eigenvalue weighted by Crippen LogP contribution is 2.18. The fourth-order valence-electron chi connectivity index (χ4n) is 2.20. The Morgan fingerprint density at radius 3 is 2.96 bits per heavy atom. The normalized spacial score (nSPS) is 18.8. The number of amides is 1. The van der Waals surface area contributed by atoms with Gasteiger partial charge >= 0.3 is 5.97 Å². The van der Waals surface area contributed by atoms with Crippen molar-refractivity contribution in [2.24, 2.45) is 0 Å². The van der Waals surface area contributed by atoms with Crippen molar-refractivity contribution in [3.8, 4) is 0 Å². The summed E-state index contributed by atoms with van der Waals surface area (Å²) in [7, 11) is -1.56. The average Bonchev–Trinajstić information content (AvgIpc) is 3.15. The van der Waals surface area contributed by atoms with E-state index in [9.17, 15) is 18.0 Å². The largest absolute Gasteiger partial charge is 0.451 e. The number of sulfone groups is 1. The van der Waals surface area contributed by atoms with Crippen molar-refractivity contribution in [1.29, 1.82) is 0 Å². The molecular formula is C14H19N3O5S2. The first-order valence-corrected chi connectivity index (χ1v) is 9.96. The second-order valence-electron chi connectivity index (χ2n) is 5.35. The number of esters is 1. The highest BCUT2D eigenvalue weighted by molar-refractivity contribution is 7.91. The van der Waals surface area contributed by atoms with Gasteiger partial charge in [-0.2, -0.15) is 0 Å². The first-order chi connectivity index (χ1) is 11.3. The van der Waals surface area contributed by atoms with Crippen LogP contribution in [0.2, 0.25) is 0 Å². The molecule has 1 aromatic rings. The van der Waals surface area contributed by atoms with Crippen LogP contribution in [0.5, 0.6) is 0 Å². The van der Waals surface area contributed by atoms with Crippen LogP contribution in [0.25, 0.3) is 0 Å². The maximum Gasteiger partial charge on any atom is 0.358 e. The van der Waals surface area contributed by atoms with Gasteiger partial charge in [0.15, 0.2) is 27.3 Å². The number of nitrogens with one attached hydrogen (secondary N) is 1. The van der Waals surface area contributed by atoms with E-state index in [1.54, 1.807) is 6.08 Å². The van der Waals surface area contributed by atoms with E-state index in [4.69, 9.17) is 4.74 Å². The number of likely N-dealkylation sites (N-methyl/N-ethyl adjacent to an activating group) is 1.